The molecule has 1 rings (SSSR count). The van der Waals surface area contributed by atoms with Crippen molar-refractivity contribution in [3.63, 3.8) is 0 Å². The van der Waals surface area contributed by atoms with E-state index < -0.39 is 35.4 Å². The molecule has 0 heterocycles. The number of aliphatic hydroxyl groups excluding tert-OH is 3. The van der Waals surface area contributed by atoms with E-state index in [1.54, 1.807) is 0 Å². The second-order valence-electron chi connectivity index (χ2n) is 3.88. The minimum atomic E-state index is -1.57. The van der Waals surface area contributed by atoms with Gasteiger partial charge in [-0.2, -0.15) is 0 Å². The van der Waals surface area contributed by atoms with Crippen LogP contribution in [0.25, 0.3) is 0 Å². The predicted octanol–water partition coefficient (Wildman–Crippen LogP) is 0.528. The Morgan fingerprint density at radius 3 is 2.26 bits per heavy atom. The monoisotopic (exact) mass is 276 g/mol. The van der Waals surface area contributed by atoms with Gasteiger partial charge in [-0.15, -0.1) is 0 Å². The van der Waals surface area contributed by atoms with Gasteiger partial charge in [0.05, 0.1) is 13.2 Å². The number of methoxy groups -OCH3 is 1. The lowest BCUT2D eigenvalue weighted by Crippen LogP contribution is -2.20. The molecule has 0 saturated carbocycles. The molecule has 7 heteroatoms. The molecular formula is C12H14F2O5. The molecule has 0 fully saturated rings. The van der Waals surface area contributed by atoms with Gasteiger partial charge in [0.2, 0.25) is 0 Å². The van der Waals surface area contributed by atoms with Crippen LogP contribution in [0.4, 0.5) is 8.78 Å². The first-order valence-electron chi connectivity index (χ1n) is 5.46. The van der Waals surface area contributed by atoms with Gasteiger partial charge in [-0.25, -0.2) is 13.6 Å². The second-order valence-corrected chi connectivity index (χ2v) is 3.88. The van der Waals surface area contributed by atoms with Crippen molar-refractivity contribution in [2.24, 2.45) is 0 Å². The number of carbonyl (C=O) groups excluding carboxylic acids is 1. The average Bonchev–Trinajstić information content (AvgIpc) is 2.36. The van der Waals surface area contributed by atoms with Crippen molar-refractivity contribution >= 4 is 5.97 Å². The number of benzene rings is 1. The van der Waals surface area contributed by atoms with E-state index in [-0.39, 0.29) is 18.6 Å². The highest BCUT2D eigenvalue weighted by molar-refractivity contribution is 5.90. The summed E-state index contributed by atoms with van der Waals surface area (Å²) in [4.78, 5) is 11.1. The topological polar surface area (TPSA) is 87.0 Å². The summed E-state index contributed by atoms with van der Waals surface area (Å²) in [6.07, 6.45) is -3.08. The Morgan fingerprint density at radius 1 is 1.32 bits per heavy atom. The highest BCUT2D eigenvalue weighted by Gasteiger charge is 2.24. The van der Waals surface area contributed by atoms with Crippen LogP contribution in [0.15, 0.2) is 12.1 Å². The molecule has 2 unspecified atom stereocenters. The fourth-order valence-corrected chi connectivity index (χ4v) is 1.57. The molecule has 0 aliphatic heterocycles. The number of halogens is 2. The smallest absolute Gasteiger partial charge is 0.343 e. The summed E-state index contributed by atoms with van der Waals surface area (Å²) < 4.78 is 31.4. The molecule has 0 aliphatic rings. The molecule has 2 atom stereocenters. The van der Waals surface area contributed by atoms with Gasteiger partial charge < -0.3 is 20.1 Å². The molecule has 0 bridgehead atoms. The number of aliphatic hydroxyl groups is 3. The van der Waals surface area contributed by atoms with Crippen LogP contribution in [-0.4, -0.2) is 41.1 Å². The van der Waals surface area contributed by atoms with E-state index >= 15 is 0 Å². The van der Waals surface area contributed by atoms with E-state index in [0.717, 1.165) is 19.2 Å². The number of ether oxygens (including phenoxy) is 1. The Balaban J connectivity index is 3.10. The maximum absolute atomic E-state index is 13.6. The minimum absolute atomic E-state index is 0.150. The van der Waals surface area contributed by atoms with E-state index in [1.165, 1.54) is 0 Å². The third-order valence-corrected chi connectivity index (χ3v) is 2.58. The molecule has 0 spiro atoms. The van der Waals surface area contributed by atoms with Crippen molar-refractivity contribution in [1.29, 1.82) is 0 Å². The van der Waals surface area contributed by atoms with Gasteiger partial charge in [-0.3, -0.25) is 0 Å². The quantitative estimate of drug-likeness (QED) is 0.683. The van der Waals surface area contributed by atoms with Gasteiger partial charge in [-0.1, -0.05) is 0 Å². The fraction of sp³-hybridized carbons (Fsp3) is 0.417. The largest absolute Gasteiger partial charge is 0.465 e. The summed E-state index contributed by atoms with van der Waals surface area (Å²) in [6.45, 7) is -0.385. The van der Waals surface area contributed by atoms with E-state index in [4.69, 9.17) is 5.11 Å². The molecule has 3 N–H and O–H groups in total. The normalized spacial score (nSPS) is 14.0. The Hall–Kier alpha value is -1.57. The highest BCUT2D eigenvalue weighted by Crippen LogP contribution is 2.24. The maximum Gasteiger partial charge on any atom is 0.343 e. The minimum Gasteiger partial charge on any atom is -0.465 e. The lowest BCUT2D eigenvalue weighted by molar-refractivity contribution is 0.00390. The summed E-state index contributed by atoms with van der Waals surface area (Å²) in [6, 6.07) is 1.47. The van der Waals surface area contributed by atoms with Gasteiger partial charge in [0.15, 0.2) is 0 Å². The third kappa shape index (κ3) is 3.46. The number of esters is 1. The van der Waals surface area contributed by atoms with Crippen molar-refractivity contribution in [3.8, 4) is 0 Å². The lowest BCUT2D eigenvalue weighted by Gasteiger charge is -2.18. The maximum atomic E-state index is 13.6. The molecule has 0 amide bonds. The van der Waals surface area contributed by atoms with Crippen molar-refractivity contribution in [2.75, 3.05) is 13.7 Å². The molecule has 1 aromatic carbocycles. The lowest BCUT2D eigenvalue weighted by atomic mass is 10.00. The first-order chi connectivity index (χ1) is 8.92. The van der Waals surface area contributed by atoms with E-state index in [1.807, 2.05) is 0 Å². The number of rotatable bonds is 5. The van der Waals surface area contributed by atoms with Crippen LogP contribution in [0.3, 0.4) is 0 Å². The first kappa shape index (κ1) is 15.5. The third-order valence-electron chi connectivity index (χ3n) is 2.58. The second kappa shape index (κ2) is 6.55. The Labute approximate surface area is 108 Å². The SMILES string of the molecule is COC(=O)c1c(F)cc(C(O)C(O)CCO)cc1F. The Bertz CT molecular complexity index is 440. The van der Waals surface area contributed by atoms with Crippen LogP contribution >= 0.6 is 0 Å². The zero-order chi connectivity index (χ0) is 14.6. The highest BCUT2D eigenvalue weighted by atomic mass is 19.1. The van der Waals surface area contributed by atoms with E-state index in [9.17, 15) is 23.8 Å². The first-order valence-corrected chi connectivity index (χ1v) is 5.46. The van der Waals surface area contributed by atoms with Gasteiger partial charge in [-0.05, 0) is 24.1 Å². The zero-order valence-electron chi connectivity index (χ0n) is 10.1. The van der Waals surface area contributed by atoms with Gasteiger partial charge in [0, 0.05) is 6.61 Å². The van der Waals surface area contributed by atoms with Crippen LogP contribution in [0.5, 0.6) is 0 Å². The van der Waals surface area contributed by atoms with Crippen LogP contribution in [-0.2, 0) is 4.74 Å². The molecule has 106 valence electrons. The van der Waals surface area contributed by atoms with Crippen molar-refractivity contribution in [2.45, 2.75) is 18.6 Å². The number of hydrogen-bond donors (Lipinski definition) is 3. The van der Waals surface area contributed by atoms with Crippen molar-refractivity contribution < 1.29 is 33.6 Å². The van der Waals surface area contributed by atoms with Gasteiger partial charge in [0.25, 0.3) is 0 Å². The van der Waals surface area contributed by atoms with Crippen molar-refractivity contribution in [3.05, 3.63) is 34.9 Å². The molecule has 0 aliphatic carbocycles. The van der Waals surface area contributed by atoms with E-state index in [0.29, 0.717) is 0 Å². The van der Waals surface area contributed by atoms with Crippen LogP contribution in [0, 0.1) is 11.6 Å². The molecule has 0 radical (unpaired) electrons. The molecule has 0 saturated heterocycles. The summed E-state index contributed by atoms with van der Waals surface area (Å²) in [7, 11) is 0.981. The Kier molecular flexibility index (Phi) is 5.34. The molecule has 0 aromatic heterocycles. The summed E-state index contributed by atoms with van der Waals surface area (Å²) in [5.74, 6) is -3.57. The number of carbonyl (C=O) groups is 1. The van der Waals surface area contributed by atoms with Gasteiger partial charge >= 0.3 is 5.97 Å². The predicted molar refractivity (Wildman–Crippen MR) is 60.4 cm³/mol. The summed E-state index contributed by atoms with van der Waals surface area (Å²) in [5, 5.41) is 27.7. The van der Waals surface area contributed by atoms with Crippen molar-refractivity contribution in [1.82, 2.24) is 0 Å². The molecule has 19 heavy (non-hydrogen) atoms. The Morgan fingerprint density at radius 2 is 1.84 bits per heavy atom. The van der Waals surface area contributed by atoms with E-state index in [2.05, 4.69) is 4.74 Å². The van der Waals surface area contributed by atoms with Gasteiger partial charge in [0.1, 0.15) is 23.3 Å². The number of hydrogen-bond acceptors (Lipinski definition) is 5. The molecule has 1 aromatic rings. The fourth-order valence-electron chi connectivity index (χ4n) is 1.57. The zero-order valence-corrected chi connectivity index (χ0v) is 10.1. The summed E-state index contributed by atoms with van der Waals surface area (Å²) >= 11 is 0. The molecular weight excluding hydrogens is 262 g/mol. The van der Waals surface area contributed by atoms with Crippen LogP contribution < -0.4 is 0 Å². The van der Waals surface area contributed by atoms with Crippen LogP contribution in [0.1, 0.15) is 28.4 Å². The standard InChI is InChI=1S/C12H14F2O5/c1-19-12(18)10-7(13)4-6(5-8(10)14)11(17)9(16)2-3-15/h4-5,9,11,15-17H,2-3H2,1H3. The van der Waals surface area contributed by atoms with Crippen LogP contribution in [0.2, 0.25) is 0 Å². The molecule has 5 nitrogen and oxygen atoms in total. The summed E-state index contributed by atoms with van der Waals surface area (Å²) in [5.41, 5.74) is -1.10. The average molecular weight is 276 g/mol.